The molecule has 0 fully saturated rings. The first kappa shape index (κ1) is 17.2. The Bertz CT molecular complexity index is 467. The van der Waals surface area contributed by atoms with E-state index in [-0.39, 0.29) is 11.8 Å². The average Bonchev–Trinajstić information content (AvgIpc) is 2.51. The fourth-order valence-corrected chi connectivity index (χ4v) is 2.09. The van der Waals surface area contributed by atoms with Gasteiger partial charge in [-0.1, -0.05) is 20.8 Å². The Morgan fingerprint density at radius 3 is 2.05 bits per heavy atom. The van der Waals surface area contributed by atoms with Crippen molar-refractivity contribution in [1.82, 2.24) is 9.80 Å². The molecular weight excluding hydrogens is 266 g/mol. The summed E-state index contributed by atoms with van der Waals surface area (Å²) >= 11 is 0. The average molecular weight is 291 g/mol. The number of hydrogen-bond acceptors (Lipinski definition) is 4. The molecule has 2 N–H and O–H groups in total. The van der Waals surface area contributed by atoms with Gasteiger partial charge in [0.05, 0.1) is 0 Å². The fraction of sp³-hybridized carbons (Fsp3) is 0.500. The number of nitrogens with two attached hydrogens (primary N) is 1. The summed E-state index contributed by atoms with van der Waals surface area (Å²) < 4.78 is 0. The molecule has 0 atom stereocenters. The van der Waals surface area contributed by atoms with Crippen LogP contribution in [0.2, 0.25) is 0 Å². The maximum absolute atomic E-state index is 12.5. The van der Waals surface area contributed by atoms with Gasteiger partial charge in [0.1, 0.15) is 0 Å². The van der Waals surface area contributed by atoms with Gasteiger partial charge < -0.3 is 10.6 Å². The van der Waals surface area contributed by atoms with Crippen molar-refractivity contribution in [2.24, 2.45) is 0 Å². The molecule has 0 radical (unpaired) electrons. The molecule has 0 unspecified atom stereocenters. The number of hydrogen-bond donors (Lipinski definition) is 1. The molecule has 0 saturated heterocycles. The molecule has 5 nitrogen and oxygen atoms in total. The molecule has 5 heteroatoms. The highest BCUT2D eigenvalue weighted by Crippen LogP contribution is 2.10. The Kier molecular flexibility index (Phi) is 6.88. The maximum Gasteiger partial charge on any atom is 0.260 e. The number of anilines is 1. The first-order valence-corrected chi connectivity index (χ1v) is 7.46. The number of imide groups is 1. The van der Waals surface area contributed by atoms with Crippen molar-refractivity contribution in [3.8, 4) is 0 Å². The highest BCUT2D eigenvalue weighted by Gasteiger charge is 2.21. The van der Waals surface area contributed by atoms with Crippen molar-refractivity contribution < 1.29 is 9.59 Å². The lowest BCUT2D eigenvalue weighted by atomic mass is 10.1. The minimum Gasteiger partial charge on any atom is -0.399 e. The Balaban J connectivity index is 2.84. The van der Waals surface area contributed by atoms with Gasteiger partial charge in [0.2, 0.25) is 5.91 Å². The minimum atomic E-state index is -0.256. The monoisotopic (exact) mass is 291 g/mol. The van der Waals surface area contributed by atoms with Gasteiger partial charge in [-0.3, -0.25) is 14.5 Å². The summed E-state index contributed by atoms with van der Waals surface area (Å²) in [6, 6.07) is 6.66. The molecule has 0 spiro atoms. The van der Waals surface area contributed by atoms with Crippen molar-refractivity contribution in [2.45, 2.75) is 27.2 Å². The number of rotatable bonds is 7. The summed E-state index contributed by atoms with van der Waals surface area (Å²) in [5, 5.41) is 0. The van der Waals surface area contributed by atoms with Gasteiger partial charge in [0, 0.05) is 30.8 Å². The molecule has 0 aromatic heterocycles. The van der Waals surface area contributed by atoms with E-state index >= 15 is 0 Å². The summed E-state index contributed by atoms with van der Waals surface area (Å²) in [7, 11) is 0. The summed E-state index contributed by atoms with van der Waals surface area (Å²) in [6.07, 6.45) is 0.318. The molecule has 0 heterocycles. The van der Waals surface area contributed by atoms with Crippen LogP contribution in [0.4, 0.5) is 5.69 Å². The van der Waals surface area contributed by atoms with Gasteiger partial charge in [0.15, 0.2) is 0 Å². The third-order valence-corrected chi connectivity index (χ3v) is 3.54. The molecule has 1 aromatic rings. The van der Waals surface area contributed by atoms with Crippen LogP contribution in [0.5, 0.6) is 0 Å². The lowest BCUT2D eigenvalue weighted by Crippen LogP contribution is -2.42. The molecule has 0 aliphatic rings. The van der Waals surface area contributed by atoms with E-state index in [1.165, 1.54) is 4.90 Å². The molecule has 0 bridgehead atoms. The number of amides is 2. The fourth-order valence-electron chi connectivity index (χ4n) is 2.09. The molecule has 1 rings (SSSR count). The molecule has 0 aliphatic carbocycles. The Morgan fingerprint density at radius 2 is 1.57 bits per heavy atom. The summed E-state index contributed by atoms with van der Waals surface area (Å²) in [5.41, 5.74) is 6.72. The Labute approximate surface area is 126 Å². The zero-order valence-electron chi connectivity index (χ0n) is 13.1. The van der Waals surface area contributed by atoms with E-state index in [2.05, 4.69) is 18.7 Å². The lowest BCUT2D eigenvalue weighted by Gasteiger charge is -2.25. The number of carbonyl (C=O) groups excluding carboxylic acids is 2. The van der Waals surface area contributed by atoms with Gasteiger partial charge in [-0.2, -0.15) is 0 Å². The zero-order chi connectivity index (χ0) is 15.8. The number of nitrogen functional groups attached to an aromatic ring is 1. The first-order valence-electron chi connectivity index (χ1n) is 7.46. The normalized spacial score (nSPS) is 10.7. The van der Waals surface area contributed by atoms with Gasteiger partial charge in [0.25, 0.3) is 5.91 Å². The standard InChI is InChI=1S/C16H25N3O2/c1-4-15(20)19(12-11-18(5-2)6-3)16(21)13-7-9-14(17)10-8-13/h7-10H,4-6,11-12,17H2,1-3H3. The predicted molar refractivity (Wildman–Crippen MR) is 85.0 cm³/mol. The number of likely N-dealkylation sites (N-methyl/N-ethyl adjacent to an activating group) is 1. The molecule has 2 amide bonds. The molecule has 0 aliphatic heterocycles. The second-order valence-electron chi connectivity index (χ2n) is 4.85. The third kappa shape index (κ3) is 4.86. The highest BCUT2D eigenvalue weighted by molar-refractivity contribution is 6.04. The van der Waals surface area contributed by atoms with Gasteiger partial charge in [-0.25, -0.2) is 0 Å². The van der Waals surface area contributed by atoms with Crippen LogP contribution in [0.15, 0.2) is 24.3 Å². The Morgan fingerprint density at radius 1 is 1.00 bits per heavy atom. The van der Waals surface area contributed by atoms with Crippen LogP contribution in [0.1, 0.15) is 37.6 Å². The summed E-state index contributed by atoms with van der Waals surface area (Å²) in [4.78, 5) is 28.1. The lowest BCUT2D eigenvalue weighted by molar-refractivity contribution is -0.128. The van der Waals surface area contributed by atoms with Crippen LogP contribution in [-0.2, 0) is 4.79 Å². The van der Waals surface area contributed by atoms with Crippen molar-refractivity contribution in [2.75, 3.05) is 31.9 Å². The van der Waals surface area contributed by atoms with Crippen molar-refractivity contribution in [3.05, 3.63) is 29.8 Å². The molecule has 1 aromatic carbocycles. The summed E-state index contributed by atoms with van der Waals surface area (Å²) in [5.74, 6) is -0.405. The van der Waals surface area contributed by atoms with Crippen LogP contribution in [0.3, 0.4) is 0 Å². The number of benzene rings is 1. The SMILES string of the molecule is CCC(=O)N(CCN(CC)CC)C(=O)c1ccc(N)cc1. The smallest absolute Gasteiger partial charge is 0.260 e. The zero-order valence-corrected chi connectivity index (χ0v) is 13.1. The van der Waals surface area contributed by atoms with Gasteiger partial charge in [-0.15, -0.1) is 0 Å². The van der Waals surface area contributed by atoms with E-state index in [0.29, 0.717) is 30.8 Å². The third-order valence-electron chi connectivity index (χ3n) is 3.54. The molecular formula is C16H25N3O2. The van der Waals surface area contributed by atoms with Crippen LogP contribution < -0.4 is 5.73 Å². The van der Waals surface area contributed by atoms with E-state index in [4.69, 9.17) is 5.73 Å². The van der Waals surface area contributed by atoms with E-state index < -0.39 is 0 Å². The van der Waals surface area contributed by atoms with Crippen LogP contribution in [0, 0.1) is 0 Å². The quantitative estimate of drug-likeness (QED) is 0.780. The van der Waals surface area contributed by atoms with Gasteiger partial charge >= 0.3 is 0 Å². The van der Waals surface area contributed by atoms with Crippen molar-refractivity contribution >= 4 is 17.5 Å². The molecule has 0 saturated carbocycles. The number of carbonyl (C=O) groups is 2. The largest absolute Gasteiger partial charge is 0.399 e. The second kappa shape index (κ2) is 8.42. The molecule has 21 heavy (non-hydrogen) atoms. The topological polar surface area (TPSA) is 66.6 Å². The van der Waals surface area contributed by atoms with Crippen LogP contribution >= 0.6 is 0 Å². The summed E-state index contributed by atoms with van der Waals surface area (Å²) in [6.45, 7) is 8.82. The predicted octanol–water partition coefficient (Wildman–Crippen LogP) is 1.99. The highest BCUT2D eigenvalue weighted by atomic mass is 16.2. The number of nitrogens with zero attached hydrogens (tertiary/aromatic N) is 2. The van der Waals surface area contributed by atoms with Gasteiger partial charge in [-0.05, 0) is 37.4 Å². The van der Waals surface area contributed by atoms with E-state index in [9.17, 15) is 9.59 Å². The van der Waals surface area contributed by atoms with Crippen LogP contribution in [-0.4, -0.2) is 47.8 Å². The van der Waals surface area contributed by atoms with E-state index in [1.54, 1.807) is 31.2 Å². The van der Waals surface area contributed by atoms with Crippen LogP contribution in [0.25, 0.3) is 0 Å². The van der Waals surface area contributed by atoms with E-state index in [0.717, 1.165) is 13.1 Å². The maximum atomic E-state index is 12.5. The minimum absolute atomic E-state index is 0.149. The van der Waals surface area contributed by atoms with Crippen molar-refractivity contribution in [3.63, 3.8) is 0 Å². The van der Waals surface area contributed by atoms with Crippen molar-refractivity contribution in [1.29, 1.82) is 0 Å². The first-order chi connectivity index (χ1) is 10.0. The molecule has 116 valence electrons. The Hall–Kier alpha value is -1.88. The second-order valence-corrected chi connectivity index (χ2v) is 4.85. The van der Waals surface area contributed by atoms with E-state index in [1.807, 2.05) is 0 Å².